The summed E-state index contributed by atoms with van der Waals surface area (Å²) in [5.74, 6) is -1.23. The maximum absolute atomic E-state index is 13.6. The Morgan fingerprint density at radius 1 is 1.09 bits per heavy atom. The molecule has 1 saturated heterocycles. The van der Waals surface area contributed by atoms with Crippen LogP contribution in [0.25, 0.3) is 5.76 Å². The molecule has 0 radical (unpaired) electrons. The van der Waals surface area contributed by atoms with E-state index >= 15 is 0 Å². The molecule has 6 heteroatoms. The Bertz CT molecular complexity index is 1220. The van der Waals surface area contributed by atoms with E-state index in [0.29, 0.717) is 16.9 Å². The van der Waals surface area contributed by atoms with Gasteiger partial charge in [0.05, 0.1) is 19.7 Å². The third-order valence-electron chi connectivity index (χ3n) is 6.04. The van der Waals surface area contributed by atoms with Crippen molar-refractivity contribution in [2.75, 3.05) is 7.11 Å². The molecular formula is C27H26N2O4. The first-order valence-electron chi connectivity index (χ1n) is 10.9. The van der Waals surface area contributed by atoms with Crippen LogP contribution in [-0.4, -0.2) is 23.7 Å². The van der Waals surface area contributed by atoms with Gasteiger partial charge in [0.15, 0.2) is 12.4 Å². The number of nitrogens with zero attached hydrogens (tertiary/aromatic N) is 1. The van der Waals surface area contributed by atoms with Gasteiger partial charge in [-0.3, -0.25) is 9.59 Å². The minimum absolute atomic E-state index is 0.0163. The van der Waals surface area contributed by atoms with E-state index in [2.05, 4.69) is 11.9 Å². The maximum Gasteiger partial charge on any atom is 0.295 e. The van der Waals surface area contributed by atoms with Crippen molar-refractivity contribution >= 4 is 17.4 Å². The molecule has 1 aromatic heterocycles. The van der Waals surface area contributed by atoms with Crippen molar-refractivity contribution < 1.29 is 24.4 Å². The summed E-state index contributed by atoms with van der Waals surface area (Å²) < 4.78 is 5.24. The van der Waals surface area contributed by atoms with E-state index in [1.165, 1.54) is 4.90 Å². The Morgan fingerprint density at radius 3 is 2.45 bits per heavy atom. The molecule has 2 heterocycles. The van der Waals surface area contributed by atoms with Crippen LogP contribution >= 0.6 is 0 Å². The van der Waals surface area contributed by atoms with Crippen molar-refractivity contribution in [2.24, 2.45) is 0 Å². The molecule has 1 fully saturated rings. The highest BCUT2D eigenvalue weighted by Gasteiger charge is 2.44. The van der Waals surface area contributed by atoms with E-state index in [0.717, 1.165) is 23.1 Å². The predicted octanol–water partition coefficient (Wildman–Crippen LogP) is 2.80. The lowest BCUT2D eigenvalue weighted by molar-refractivity contribution is -0.378. The third-order valence-corrected chi connectivity index (χ3v) is 6.04. The topological polar surface area (TPSA) is 83.8 Å². The van der Waals surface area contributed by atoms with Crippen LogP contribution in [0.5, 0.6) is 5.75 Å². The SMILES string of the molecule is CCc1ccc(C2/C(=C(\[O-])c3ccc(OC)cc3C)C(=O)C(=O)N2Cc2ccc[nH+]c2)cc1. The van der Waals surface area contributed by atoms with Gasteiger partial charge in [0.2, 0.25) is 5.78 Å². The largest absolute Gasteiger partial charge is 0.872 e. The Balaban J connectivity index is 1.87. The number of pyridine rings is 1. The lowest BCUT2D eigenvalue weighted by Gasteiger charge is -2.28. The second-order valence-corrected chi connectivity index (χ2v) is 8.10. The van der Waals surface area contributed by atoms with Crippen LogP contribution in [-0.2, 0) is 22.6 Å². The smallest absolute Gasteiger partial charge is 0.295 e. The van der Waals surface area contributed by atoms with Gasteiger partial charge in [0.25, 0.3) is 5.91 Å². The van der Waals surface area contributed by atoms with Gasteiger partial charge >= 0.3 is 0 Å². The molecule has 4 rings (SSSR count). The number of aryl methyl sites for hydroxylation is 2. The molecule has 1 N–H and O–H groups in total. The van der Waals surface area contributed by atoms with Crippen LogP contribution in [0.2, 0.25) is 0 Å². The lowest BCUT2D eigenvalue weighted by atomic mass is 9.93. The number of Topliss-reactive ketones (excluding diaryl/α,β-unsaturated/α-hetero) is 1. The van der Waals surface area contributed by atoms with Gasteiger partial charge in [0.1, 0.15) is 5.75 Å². The van der Waals surface area contributed by atoms with Gasteiger partial charge < -0.3 is 14.7 Å². The van der Waals surface area contributed by atoms with E-state index in [-0.39, 0.29) is 12.1 Å². The maximum atomic E-state index is 13.6. The Labute approximate surface area is 193 Å². The van der Waals surface area contributed by atoms with Crippen LogP contribution in [0.3, 0.4) is 0 Å². The van der Waals surface area contributed by atoms with E-state index in [1.54, 1.807) is 44.6 Å². The molecule has 0 spiro atoms. The van der Waals surface area contributed by atoms with E-state index in [9.17, 15) is 14.7 Å². The van der Waals surface area contributed by atoms with E-state index in [1.807, 2.05) is 36.4 Å². The fourth-order valence-electron chi connectivity index (χ4n) is 4.20. The lowest BCUT2D eigenvalue weighted by Crippen LogP contribution is -2.29. The molecule has 1 amide bonds. The molecule has 1 aliphatic rings. The first-order chi connectivity index (χ1) is 15.9. The highest BCUT2D eigenvalue weighted by molar-refractivity contribution is 6.46. The fraction of sp³-hybridized carbons (Fsp3) is 0.222. The van der Waals surface area contributed by atoms with E-state index < -0.39 is 23.5 Å². The summed E-state index contributed by atoms with van der Waals surface area (Å²) in [6.45, 7) is 4.06. The predicted molar refractivity (Wildman–Crippen MR) is 122 cm³/mol. The molecule has 0 saturated carbocycles. The number of carbonyl (C=O) groups excluding carboxylic acids is 2. The quantitative estimate of drug-likeness (QED) is 0.334. The Hall–Kier alpha value is -3.93. The van der Waals surface area contributed by atoms with Gasteiger partial charge in [0, 0.05) is 17.2 Å². The highest BCUT2D eigenvalue weighted by Crippen LogP contribution is 2.40. The number of ether oxygens (including phenoxy) is 1. The monoisotopic (exact) mass is 442 g/mol. The first kappa shape index (κ1) is 22.3. The van der Waals surface area contributed by atoms with Gasteiger partial charge in [-0.25, -0.2) is 4.98 Å². The summed E-state index contributed by atoms with van der Waals surface area (Å²) >= 11 is 0. The molecule has 0 bridgehead atoms. The number of hydrogen-bond acceptors (Lipinski definition) is 4. The fourth-order valence-corrected chi connectivity index (χ4v) is 4.20. The number of ketones is 1. The summed E-state index contributed by atoms with van der Waals surface area (Å²) in [7, 11) is 1.55. The number of rotatable bonds is 6. The molecule has 3 aromatic rings. The van der Waals surface area contributed by atoms with Crippen molar-refractivity contribution in [3.63, 3.8) is 0 Å². The van der Waals surface area contributed by atoms with Crippen molar-refractivity contribution in [2.45, 2.75) is 32.9 Å². The normalized spacial score (nSPS) is 17.4. The number of H-pyrrole nitrogens is 1. The van der Waals surface area contributed by atoms with Crippen molar-refractivity contribution in [3.05, 3.63) is 100 Å². The van der Waals surface area contributed by atoms with Crippen molar-refractivity contribution in [1.29, 1.82) is 0 Å². The van der Waals surface area contributed by atoms with Gasteiger partial charge in [-0.1, -0.05) is 43.0 Å². The number of carbonyl (C=O) groups is 2. The number of aromatic nitrogens is 1. The summed E-state index contributed by atoms with van der Waals surface area (Å²) in [5.41, 5.74) is 3.76. The van der Waals surface area contributed by atoms with Crippen molar-refractivity contribution in [3.8, 4) is 5.75 Å². The molecule has 0 aliphatic carbocycles. The summed E-state index contributed by atoms with van der Waals surface area (Å²) in [6, 6.07) is 15.8. The molecule has 1 unspecified atom stereocenters. The molecular weight excluding hydrogens is 416 g/mol. The van der Waals surface area contributed by atoms with Crippen molar-refractivity contribution in [1.82, 2.24) is 4.90 Å². The third kappa shape index (κ3) is 4.24. The van der Waals surface area contributed by atoms with Gasteiger partial charge in [-0.15, -0.1) is 0 Å². The molecule has 2 aromatic carbocycles. The number of hydrogen-bond donors (Lipinski definition) is 0. The van der Waals surface area contributed by atoms with Crippen LogP contribution in [0.4, 0.5) is 0 Å². The standard InChI is InChI=1S/C27H26N2O4/c1-4-18-7-9-20(10-8-18)24-23(25(30)22-12-11-21(33-3)14-17(22)2)26(31)27(32)29(24)16-19-6-5-13-28-15-19/h5-15,24,30H,4,16H2,1-3H3/b25-23+. The average Bonchev–Trinajstić information content (AvgIpc) is 3.09. The zero-order valence-electron chi connectivity index (χ0n) is 18.9. The minimum atomic E-state index is -0.759. The minimum Gasteiger partial charge on any atom is -0.872 e. The number of amides is 1. The molecule has 6 nitrogen and oxygen atoms in total. The zero-order chi connectivity index (χ0) is 23.5. The number of likely N-dealkylation sites (tertiary alicyclic amines) is 1. The van der Waals surface area contributed by atoms with Crippen LogP contribution in [0.1, 0.15) is 40.8 Å². The first-order valence-corrected chi connectivity index (χ1v) is 10.9. The molecule has 1 aliphatic heterocycles. The second-order valence-electron chi connectivity index (χ2n) is 8.10. The Morgan fingerprint density at radius 2 is 1.85 bits per heavy atom. The molecule has 168 valence electrons. The second kappa shape index (κ2) is 9.28. The Kier molecular flexibility index (Phi) is 6.27. The zero-order valence-corrected chi connectivity index (χ0v) is 18.9. The number of benzene rings is 2. The van der Waals surface area contributed by atoms with Crippen LogP contribution in [0, 0.1) is 6.92 Å². The number of aromatic amines is 1. The van der Waals surface area contributed by atoms with Crippen LogP contribution < -0.4 is 14.8 Å². The summed E-state index contributed by atoms with van der Waals surface area (Å²) in [5, 5.41) is 13.6. The van der Waals surface area contributed by atoms with Gasteiger partial charge in [-0.2, -0.15) is 0 Å². The molecule has 1 atom stereocenters. The summed E-state index contributed by atoms with van der Waals surface area (Å²) in [6.07, 6.45) is 4.42. The summed E-state index contributed by atoms with van der Waals surface area (Å²) in [4.78, 5) is 30.8. The number of methoxy groups -OCH3 is 1. The highest BCUT2D eigenvalue weighted by atomic mass is 16.5. The average molecular weight is 443 g/mol. The van der Waals surface area contributed by atoms with E-state index in [4.69, 9.17) is 4.74 Å². The van der Waals surface area contributed by atoms with Gasteiger partial charge in [-0.05, 0) is 53.8 Å². The number of nitrogens with one attached hydrogen (secondary N) is 1. The molecule has 33 heavy (non-hydrogen) atoms. The van der Waals surface area contributed by atoms with Crippen LogP contribution in [0.15, 0.2) is 72.6 Å².